The zero-order valence-electron chi connectivity index (χ0n) is 18.3. The van der Waals surface area contributed by atoms with Crippen LogP contribution in [0, 0.1) is 5.92 Å². The van der Waals surface area contributed by atoms with Crippen molar-refractivity contribution in [3.63, 3.8) is 0 Å². The van der Waals surface area contributed by atoms with E-state index in [1.807, 2.05) is 24.0 Å². The van der Waals surface area contributed by atoms with Gasteiger partial charge >= 0.3 is 0 Å². The van der Waals surface area contributed by atoms with Gasteiger partial charge in [0.1, 0.15) is 11.8 Å². The summed E-state index contributed by atoms with van der Waals surface area (Å²) < 4.78 is 10.8. The summed E-state index contributed by atoms with van der Waals surface area (Å²) in [6.07, 6.45) is 7.35. The van der Waals surface area contributed by atoms with Crippen LogP contribution in [0.3, 0.4) is 0 Å². The van der Waals surface area contributed by atoms with E-state index in [1.54, 1.807) is 17.0 Å². The van der Waals surface area contributed by atoms with E-state index in [9.17, 15) is 9.59 Å². The quantitative estimate of drug-likeness (QED) is 0.670. The molecular formula is C25H32N2O4. The summed E-state index contributed by atoms with van der Waals surface area (Å²) in [6, 6.07) is 11.4. The molecule has 0 N–H and O–H groups in total. The Morgan fingerprint density at radius 3 is 2.52 bits per heavy atom. The van der Waals surface area contributed by atoms with Gasteiger partial charge < -0.3 is 19.0 Å². The molecule has 6 nitrogen and oxygen atoms in total. The Morgan fingerprint density at radius 1 is 1.06 bits per heavy atom. The highest BCUT2D eigenvalue weighted by Crippen LogP contribution is 2.27. The van der Waals surface area contributed by atoms with Gasteiger partial charge in [0.25, 0.3) is 5.91 Å². The van der Waals surface area contributed by atoms with E-state index in [2.05, 4.69) is 12.1 Å². The fourth-order valence-corrected chi connectivity index (χ4v) is 4.75. The number of likely N-dealkylation sites (tertiary alicyclic amines) is 2. The normalized spacial score (nSPS) is 19.6. The molecule has 6 heteroatoms. The van der Waals surface area contributed by atoms with Crippen LogP contribution in [0.15, 0.2) is 47.1 Å². The number of rotatable bonds is 7. The molecule has 1 aromatic heterocycles. The van der Waals surface area contributed by atoms with E-state index in [1.165, 1.54) is 11.8 Å². The number of carbonyl (C=O) groups is 2. The minimum atomic E-state index is -0.349. The van der Waals surface area contributed by atoms with Gasteiger partial charge in [-0.25, -0.2) is 0 Å². The predicted molar refractivity (Wildman–Crippen MR) is 118 cm³/mol. The molecule has 0 radical (unpaired) electrons. The number of aryl methyl sites for hydroxylation is 1. The van der Waals surface area contributed by atoms with Crippen LogP contribution in [0.2, 0.25) is 0 Å². The van der Waals surface area contributed by atoms with Gasteiger partial charge in [-0.3, -0.25) is 9.59 Å². The number of piperidine rings is 1. The monoisotopic (exact) mass is 424 g/mol. The summed E-state index contributed by atoms with van der Waals surface area (Å²) in [5.74, 6) is 1.80. The average Bonchev–Trinajstić information content (AvgIpc) is 3.51. The highest BCUT2D eigenvalue weighted by atomic mass is 16.5. The van der Waals surface area contributed by atoms with Crippen LogP contribution in [0.1, 0.15) is 55.1 Å². The molecule has 1 atom stereocenters. The zero-order valence-corrected chi connectivity index (χ0v) is 18.3. The van der Waals surface area contributed by atoms with Gasteiger partial charge in [-0.1, -0.05) is 12.1 Å². The number of nitrogens with zero attached hydrogens (tertiary/aromatic N) is 2. The first-order chi connectivity index (χ1) is 15.2. The number of carbonyl (C=O) groups excluding carboxylic acids is 2. The van der Waals surface area contributed by atoms with Gasteiger partial charge in [0.2, 0.25) is 5.91 Å². The Bertz CT molecular complexity index is 854. The maximum atomic E-state index is 13.1. The molecule has 0 aliphatic carbocycles. The van der Waals surface area contributed by atoms with Crippen LogP contribution in [-0.2, 0) is 11.2 Å². The Labute approximate surface area is 184 Å². The van der Waals surface area contributed by atoms with E-state index in [0.29, 0.717) is 24.8 Å². The second kappa shape index (κ2) is 10.0. The highest BCUT2D eigenvalue weighted by molar-refractivity contribution is 5.96. The fourth-order valence-electron chi connectivity index (χ4n) is 4.75. The van der Waals surface area contributed by atoms with Crippen LogP contribution in [0.5, 0.6) is 5.75 Å². The van der Waals surface area contributed by atoms with Crippen molar-refractivity contribution in [2.24, 2.45) is 5.92 Å². The fraction of sp³-hybridized carbons (Fsp3) is 0.520. The van der Waals surface area contributed by atoms with Crippen LogP contribution in [0.4, 0.5) is 0 Å². The van der Waals surface area contributed by atoms with E-state index in [-0.39, 0.29) is 17.9 Å². The molecule has 166 valence electrons. The third-order valence-electron chi connectivity index (χ3n) is 6.53. The Balaban J connectivity index is 1.25. The lowest BCUT2D eigenvalue weighted by molar-refractivity contribution is -0.136. The Hall–Kier alpha value is -2.76. The third kappa shape index (κ3) is 5.12. The van der Waals surface area contributed by atoms with Crippen LogP contribution in [-0.4, -0.2) is 53.9 Å². The molecule has 2 aliphatic rings. The molecule has 0 spiro atoms. The smallest absolute Gasteiger partial charge is 0.290 e. The maximum absolute atomic E-state index is 13.1. The van der Waals surface area contributed by atoms with Crippen LogP contribution in [0.25, 0.3) is 0 Å². The van der Waals surface area contributed by atoms with Gasteiger partial charge in [-0.05, 0) is 81.2 Å². The van der Waals surface area contributed by atoms with Gasteiger partial charge in [0, 0.05) is 19.6 Å². The summed E-state index contributed by atoms with van der Waals surface area (Å²) in [5.41, 5.74) is 1.33. The van der Waals surface area contributed by atoms with Crippen LogP contribution < -0.4 is 4.74 Å². The number of furan rings is 1. The second-order valence-electron chi connectivity index (χ2n) is 8.52. The first kappa shape index (κ1) is 21.5. The largest absolute Gasteiger partial charge is 0.494 e. The first-order valence-electron chi connectivity index (χ1n) is 11.5. The molecule has 0 saturated carbocycles. The Morgan fingerprint density at radius 2 is 1.84 bits per heavy atom. The van der Waals surface area contributed by atoms with Gasteiger partial charge in [-0.15, -0.1) is 0 Å². The maximum Gasteiger partial charge on any atom is 0.290 e. The van der Waals surface area contributed by atoms with E-state index in [0.717, 1.165) is 57.4 Å². The SMILES string of the molecule is CCOc1ccc(CCC2CCN(C(=O)[C@@H]3CCCN3C(=O)c3ccco3)CC2)cc1. The first-order valence-corrected chi connectivity index (χ1v) is 11.5. The van der Waals surface area contributed by atoms with Crippen LogP contribution >= 0.6 is 0 Å². The lowest BCUT2D eigenvalue weighted by Gasteiger charge is -2.35. The topological polar surface area (TPSA) is 63.0 Å². The Kier molecular flexibility index (Phi) is 6.95. The van der Waals surface area contributed by atoms with Crippen molar-refractivity contribution in [3.8, 4) is 5.75 Å². The molecule has 2 fully saturated rings. The molecule has 3 heterocycles. The summed E-state index contributed by atoms with van der Waals surface area (Å²) in [7, 11) is 0. The standard InChI is InChI=1S/C25H32N2O4/c1-2-30-21-11-9-19(10-12-21)7-8-20-13-16-26(17-14-20)24(28)22-5-3-15-27(22)25(29)23-6-4-18-31-23/h4,6,9-12,18,20,22H,2-3,5,7-8,13-17H2,1H3/t22-/m0/s1. The van der Waals surface area contributed by atoms with E-state index >= 15 is 0 Å². The molecule has 1 aromatic carbocycles. The summed E-state index contributed by atoms with van der Waals surface area (Å²) >= 11 is 0. The number of hydrogen-bond donors (Lipinski definition) is 0. The third-order valence-corrected chi connectivity index (χ3v) is 6.53. The summed E-state index contributed by atoms with van der Waals surface area (Å²) in [4.78, 5) is 29.5. The highest BCUT2D eigenvalue weighted by Gasteiger charge is 2.38. The van der Waals surface area contributed by atoms with Crippen molar-refractivity contribution >= 4 is 11.8 Å². The van der Waals surface area contributed by atoms with Crippen molar-refractivity contribution in [1.29, 1.82) is 0 Å². The van der Waals surface area contributed by atoms with Crippen molar-refractivity contribution in [2.75, 3.05) is 26.2 Å². The molecule has 2 aromatic rings. The predicted octanol–water partition coefficient (Wildman–Crippen LogP) is 4.15. The van der Waals surface area contributed by atoms with Crippen molar-refractivity contribution < 1.29 is 18.7 Å². The van der Waals surface area contributed by atoms with Crippen molar-refractivity contribution in [3.05, 3.63) is 54.0 Å². The molecule has 31 heavy (non-hydrogen) atoms. The van der Waals surface area contributed by atoms with Gasteiger partial charge in [0.05, 0.1) is 12.9 Å². The van der Waals surface area contributed by atoms with E-state index < -0.39 is 0 Å². The average molecular weight is 425 g/mol. The molecule has 2 aliphatic heterocycles. The van der Waals surface area contributed by atoms with Crippen molar-refractivity contribution in [1.82, 2.24) is 9.80 Å². The minimum Gasteiger partial charge on any atom is -0.494 e. The number of amides is 2. The van der Waals surface area contributed by atoms with E-state index in [4.69, 9.17) is 9.15 Å². The minimum absolute atomic E-state index is 0.0994. The summed E-state index contributed by atoms with van der Waals surface area (Å²) in [5, 5.41) is 0. The molecule has 2 saturated heterocycles. The molecule has 4 rings (SSSR count). The zero-order chi connectivity index (χ0) is 21.6. The lowest BCUT2D eigenvalue weighted by Crippen LogP contribution is -2.50. The number of ether oxygens (including phenoxy) is 1. The van der Waals surface area contributed by atoms with Gasteiger partial charge in [-0.2, -0.15) is 0 Å². The van der Waals surface area contributed by atoms with Gasteiger partial charge in [0.15, 0.2) is 5.76 Å². The molecule has 2 amide bonds. The molecular weight excluding hydrogens is 392 g/mol. The van der Waals surface area contributed by atoms with Crippen molar-refractivity contribution in [2.45, 2.75) is 51.5 Å². The molecule has 0 unspecified atom stereocenters. The second-order valence-corrected chi connectivity index (χ2v) is 8.52. The number of benzene rings is 1. The number of hydrogen-bond acceptors (Lipinski definition) is 4. The lowest BCUT2D eigenvalue weighted by atomic mass is 9.90. The molecule has 0 bridgehead atoms. The summed E-state index contributed by atoms with van der Waals surface area (Å²) in [6.45, 7) is 4.87.